The van der Waals surface area contributed by atoms with Gasteiger partial charge in [-0.25, -0.2) is 9.18 Å². The third-order valence-electron chi connectivity index (χ3n) is 5.27. The summed E-state index contributed by atoms with van der Waals surface area (Å²) in [5.41, 5.74) is 1.85. The van der Waals surface area contributed by atoms with Crippen molar-refractivity contribution in [2.45, 2.75) is 25.5 Å². The van der Waals surface area contributed by atoms with Crippen molar-refractivity contribution in [3.63, 3.8) is 0 Å². The number of benzene rings is 2. The number of likely N-dealkylation sites (tertiary alicyclic amines) is 1. The Morgan fingerprint density at radius 2 is 1.91 bits per heavy atom. The highest BCUT2D eigenvalue weighted by molar-refractivity contribution is 5.94. The first-order valence-electron chi connectivity index (χ1n) is 10.4. The molecule has 0 radical (unpaired) electrons. The zero-order valence-corrected chi connectivity index (χ0v) is 17.4. The molecule has 1 fully saturated rings. The normalized spacial score (nSPS) is 14.1. The molecule has 1 aliphatic rings. The fourth-order valence-electron chi connectivity index (χ4n) is 3.61. The Hall–Kier alpha value is -3.81. The third-order valence-corrected chi connectivity index (χ3v) is 5.27. The molecule has 1 saturated heterocycles. The molecular formula is C24H24FN3O4. The smallest absolute Gasteiger partial charge is 0.319 e. The molecule has 3 aromatic rings. The zero-order valence-electron chi connectivity index (χ0n) is 17.4. The van der Waals surface area contributed by atoms with Crippen LogP contribution in [0.1, 0.15) is 28.8 Å². The van der Waals surface area contributed by atoms with Gasteiger partial charge in [-0.15, -0.1) is 0 Å². The molecular weight excluding hydrogens is 413 g/mol. The van der Waals surface area contributed by atoms with Gasteiger partial charge in [-0.2, -0.15) is 0 Å². The van der Waals surface area contributed by atoms with Crippen LogP contribution in [0.25, 0.3) is 0 Å². The lowest BCUT2D eigenvalue weighted by atomic mass is 10.0. The molecule has 0 unspecified atom stereocenters. The van der Waals surface area contributed by atoms with Crippen molar-refractivity contribution in [1.82, 2.24) is 10.2 Å². The van der Waals surface area contributed by atoms with Crippen LogP contribution < -0.4 is 15.4 Å². The van der Waals surface area contributed by atoms with Gasteiger partial charge in [0.05, 0.1) is 11.8 Å². The summed E-state index contributed by atoms with van der Waals surface area (Å²) in [5.74, 6) is 0.199. The number of furan rings is 1. The number of hydrogen-bond acceptors (Lipinski definition) is 4. The molecule has 166 valence electrons. The van der Waals surface area contributed by atoms with Crippen molar-refractivity contribution < 1.29 is 23.1 Å². The number of urea groups is 1. The Bertz CT molecular complexity index is 1060. The van der Waals surface area contributed by atoms with Crippen molar-refractivity contribution in [3.05, 3.63) is 84.1 Å². The Kier molecular flexibility index (Phi) is 6.69. The Balaban J connectivity index is 1.24. The number of ether oxygens (including phenoxy) is 1. The van der Waals surface area contributed by atoms with E-state index in [0.717, 1.165) is 5.56 Å². The van der Waals surface area contributed by atoms with E-state index in [-0.39, 0.29) is 30.4 Å². The number of piperidine rings is 1. The molecule has 0 spiro atoms. The van der Waals surface area contributed by atoms with E-state index in [4.69, 9.17) is 9.15 Å². The third kappa shape index (κ3) is 5.66. The highest BCUT2D eigenvalue weighted by Gasteiger charge is 2.25. The Morgan fingerprint density at radius 1 is 1.09 bits per heavy atom. The quantitative estimate of drug-likeness (QED) is 0.598. The maximum Gasteiger partial charge on any atom is 0.319 e. The summed E-state index contributed by atoms with van der Waals surface area (Å²) in [6.45, 7) is 1.36. The van der Waals surface area contributed by atoms with Crippen LogP contribution in [-0.4, -0.2) is 36.0 Å². The molecule has 3 amide bonds. The summed E-state index contributed by atoms with van der Waals surface area (Å²) >= 11 is 0. The lowest BCUT2D eigenvalue weighted by Gasteiger charge is -2.32. The number of nitrogens with zero attached hydrogens (tertiary/aromatic N) is 1. The van der Waals surface area contributed by atoms with E-state index < -0.39 is 0 Å². The van der Waals surface area contributed by atoms with Crippen LogP contribution in [0.15, 0.2) is 71.5 Å². The van der Waals surface area contributed by atoms with E-state index >= 15 is 0 Å². The summed E-state index contributed by atoms with van der Waals surface area (Å²) in [7, 11) is 0. The molecule has 0 bridgehead atoms. The van der Waals surface area contributed by atoms with Crippen molar-refractivity contribution in [2.75, 3.05) is 18.4 Å². The maximum atomic E-state index is 13.3. The zero-order chi connectivity index (χ0) is 22.3. The lowest BCUT2D eigenvalue weighted by molar-refractivity contribution is 0.0708. The largest absolute Gasteiger partial charge is 0.489 e. The van der Waals surface area contributed by atoms with E-state index in [0.29, 0.717) is 42.9 Å². The molecule has 2 aromatic carbocycles. The summed E-state index contributed by atoms with van der Waals surface area (Å²) < 4.78 is 24.0. The highest BCUT2D eigenvalue weighted by atomic mass is 19.1. The first-order valence-corrected chi connectivity index (χ1v) is 10.4. The Labute approximate surface area is 185 Å². The van der Waals surface area contributed by atoms with Gasteiger partial charge in [0.15, 0.2) is 0 Å². The SMILES string of the molecule is O=C(Nc1cccc(OCc2cccc(F)c2)c1)NC1CCN(C(=O)c2ccoc2)CC1. The molecule has 7 nitrogen and oxygen atoms in total. The molecule has 1 aliphatic heterocycles. The molecule has 1 aromatic heterocycles. The van der Waals surface area contributed by atoms with Gasteiger partial charge in [0.2, 0.25) is 0 Å². The van der Waals surface area contributed by atoms with E-state index in [2.05, 4.69) is 10.6 Å². The molecule has 32 heavy (non-hydrogen) atoms. The van der Waals surface area contributed by atoms with Gasteiger partial charge in [0.1, 0.15) is 24.4 Å². The topological polar surface area (TPSA) is 83.8 Å². The number of halogens is 1. The second-order valence-corrected chi connectivity index (χ2v) is 7.62. The van der Waals surface area contributed by atoms with E-state index in [9.17, 15) is 14.0 Å². The predicted molar refractivity (Wildman–Crippen MR) is 117 cm³/mol. The van der Waals surface area contributed by atoms with Crippen LogP contribution in [-0.2, 0) is 6.61 Å². The molecule has 2 heterocycles. The molecule has 2 N–H and O–H groups in total. The standard InChI is InChI=1S/C24H24FN3O4/c25-19-4-1-3-17(13-19)15-32-22-6-2-5-21(14-22)27-24(30)26-20-7-10-28(11-8-20)23(29)18-9-12-31-16-18/h1-6,9,12-14,16,20H,7-8,10-11,15H2,(H2,26,27,30). The van der Waals surface area contributed by atoms with Crippen molar-refractivity contribution in [2.24, 2.45) is 0 Å². The second-order valence-electron chi connectivity index (χ2n) is 7.62. The molecule has 0 atom stereocenters. The monoisotopic (exact) mass is 437 g/mol. The summed E-state index contributed by atoms with van der Waals surface area (Å²) in [4.78, 5) is 26.5. The molecule has 0 saturated carbocycles. The van der Waals surface area contributed by atoms with Crippen LogP contribution in [0.4, 0.5) is 14.9 Å². The number of carbonyl (C=O) groups excluding carboxylic acids is 2. The van der Waals surface area contributed by atoms with Crippen LogP contribution in [0.2, 0.25) is 0 Å². The van der Waals surface area contributed by atoms with Crippen LogP contribution in [0, 0.1) is 5.82 Å². The minimum absolute atomic E-state index is 0.0178. The van der Waals surface area contributed by atoms with Gasteiger partial charge in [-0.1, -0.05) is 18.2 Å². The Morgan fingerprint density at radius 3 is 2.66 bits per heavy atom. The average Bonchev–Trinajstić information content (AvgIpc) is 3.33. The van der Waals surface area contributed by atoms with E-state index in [1.807, 2.05) is 0 Å². The minimum atomic E-state index is -0.313. The van der Waals surface area contributed by atoms with Crippen LogP contribution in [0.5, 0.6) is 5.75 Å². The van der Waals surface area contributed by atoms with Gasteiger partial charge in [-0.05, 0) is 48.7 Å². The van der Waals surface area contributed by atoms with Crippen LogP contribution in [0.3, 0.4) is 0 Å². The lowest BCUT2D eigenvalue weighted by Crippen LogP contribution is -2.47. The molecule has 8 heteroatoms. The highest BCUT2D eigenvalue weighted by Crippen LogP contribution is 2.19. The maximum absolute atomic E-state index is 13.3. The number of carbonyl (C=O) groups is 2. The van der Waals surface area contributed by atoms with Gasteiger partial charge in [-0.3, -0.25) is 4.79 Å². The van der Waals surface area contributed by atoms with Gasteiger partial charge < -0.3 is 24.7 Å². The summed E-state index contributed by atoms with van der Waals surface area (Å²) in [5, 5.41) is 5.77. The molecule has 0 aliphatic carbocycles. The molecule has 4 rings (SSSR count). The van der Waals surface area contributed by atoms with Gasteiger partial charge in [0, 0.05) is 30.9 Å². The number of hydrogen-bond donors (Lipinski definition) is 2. The minimum Gasteiger partial charge on any atom is -0.489 e. The number of anilines is 1. The van der Waals surface area contributed by atoms with Crippen LogP contribution >= 0.6 is 0 Å². The second kappa shape index (κ2) is 10.00. The van der Waals surface area contributed by atoms with E-state index in [1.165, 1.54) is 24.7 Å². The number of amides is 3. The number of nitrogens with one attached hydrogen (secondary N) is 2. The summed E-state index contributed by atoms with van der Waals surface area (Å²) in [6, 6.07) is 14.6. The number of rotatable bonds is 6. The average molecular weight is 437 g/mol. The van der Waals surface area contributed by atoms with Gasteiger partial charge in [0.25, 0.3) is 5.91 Å². The van der Waals surface area contributed by atoms with Gasteiger partial charge >= 0.3 is 6.03 Å². The summed E-state index contributed by atoms with van der Waals surface area (Å²) in [6.07, 6.45) is 4.27. The van der Waals surface area contributed by atoms with E-state index in [1.54, 1.807) is 47.4 Å². The first kappa shape index (κ1) is 21.4. The van der Waals surface area contributed by atoms with Crippen molar-refractivity contribution >= 4 is 17.6 Å². The predicted octanol–water partition coefficient (Wildman–Crippen LogP) is 4.42. The first-order chi connectivity index (χ1) is 15.6. The van der Waals surface area contributed by atoms with Crippen molar-refractivity contribution in [1.29, 1.82) is 0 Å². The fourth-order valence-corrected chi connectivity index (χ4v) is 3.61. The fraction of sp³-hybridized carbons (Fsp3) is 0.250. The van der Waals surface area contributed by atoms with Crippen molar-refractivity contribution in [3.8, 4) is 5.75 Å².